The number of hydrogen-bond donors (Lipinski definition) is 0. The molecule has 8 heavy (non-hydrogen) atoms. The lowest BCUT2D eigenvalue weighted by Crippen LogP contribution is -1.92. The molecular weight excluding hydrogens is 116 g/mol. The lowest BCUT2D eigenvalue weighted by molar-refractivity contribution is 0.986. The predicted molar refractivity (Wildman–Crippen MR) is 40.3 cm³/mol. The van der Waals surface area contributed by atoms with Gasteiger partial charge < -0.3 is 0 Å². The van der Waals surface area contributed by atoms with Crippen LogP contribution in [0.15, 0.2) is 12.2 Å². The Labute approximate surface area is 55.4 Å². The van der Waals surface area contributed by atoms with Crippen LogP contribution in [-0.4, -0.2) is 10.5 Å². The third-order valence-corrected chi connectivity index (χ3v) is 2.82. The van der Waals surface area contributed by atoms with Crippen molar-refractivity contribution in [2.75, 3.05) is 0 Å². The van der Waals surface area contributed by atoms with E-state index in [0.29, 0.717) is 0 Å². The Balaban J connectivity index is 2.34. The average molecular weight is 128 g/mol. The highest BCUT2D eigenvalue weighted by atomic mass is 32.2. The Bertz CT molecular complexity index is 96.6. The van der Waals surface area contributed by atoms with Crippen molar-refractivity contribution in [1.82, 2.24) is 0 Å². The van der Waals surface area contributed by atoms with E-state index in [-0.39, 0.29) is 0 Å². The molecule has 0 radical (unpaired) electrons. The summed E-state index contributed by atoms with van der Waals surface area (Å²) in [5.41, 5.74) is 0. The molecule has 0 aromatic carbocycles. The van der Waals surface area contributed by atoms with Gasteiger partial charge in [-0.05, 0) is 13.3 Å². The van der Waals surface area contributed by atoms with Gasteiger partial charge in [0.1, 0.15) is 0 Å². The Kier molecular flexibility index (Phi) is 2.01. The van der Waals surface area contributed by atoms with Gasteiger partial charge in [-0.15, -0.1) is 11.8 Å². The SMILES string of the molecule is CC[C@@H]1C=CC(C)S1. The van der Waals surface area contributed by atoms with Gasteiger partial charge in [0.15, 0.2) is 0 Å². The van der Waals surface area contributed by atoms with E-state index in [4.69, 9.17) is 0 Å². The van der Waals surface area contributed by atoms with Gasteiger partial charge in [0.2, 0.25) is 0 Å². The molecule has 0 aliphatic carbocycles. The first-order chi connectivity index (χ1) is 3.83. The largest absolute Gasteiger partial charge is 0.147 e. The van der Waals surface area contributed by atoms with Crippen molar-refractivity contribution in [3.05, 3.63) is 12.2 Å². The Morgan fingerprint density at radius 3 is 2.50 bits per heavy atom. The maximum atomic E-state index is 2.31. The lowest BCUT2D eigenvalue weighted by atomic mass is 10.3. The Morgan fingerprint density at radius 2 is 2.25 bits per heavy atom. The molecule has 0 spiro atoms. The minimum absolute atomic E-state index is 0.764. The molecule has 0 aromatic heterocycles. The molecule has 0 fully saturated rings. The molecule has 0 N–H and O–H groups in total. The van der Waals surface area contributed by atoms with E-state index in [0.717, 1.165) is 10.5 Å². The zero-order valence-corrected chi connectivity index (χ0v) is 6.24. The topological polar surface area (TPSA) is 0 Å². The van der Waals surface area contributed by atoms with Crippen LogP contribution in [0, 0.1) is 0 Å². The molecule has 46 valence electrons. The molecule has 1 aliphatic heterocycles. The number of rotatable bonds is 1. The molecule has 1 aliphatic rings. The summed E-state index contributed by atoms with van der Waals surface area (Å²) in [5.74, 6) is 0. The molecule has 1 rings (SSSR count). The van der Waals surface area contributed by atoms with Gasteiger partial charge in [-0.3, -0.25) is 0 Å². The minimum atomic E-state index is 0.764. The normalized spacial score (nSPS) is 36.2. The van der Waals surface area contributed by atoms with Crippen molar-refractivity contribution >= 4 is 11.8 Å². The zero-order chi connectivity index (χ0) is 5.98. The van der Waals surface area contributed by atoms with Crippen LogP contribution >= 0.6 is 11.8 Å². The second-order valence-electron chi connectivity index (χ2n) is 2.17. The third-order valence-electron chi connectivity index (χ3n) is 1.39. The van der Waals surface area contributed by atoms with Crippen molar-refractivity contribution in [3.63, 3.8) is 0 Å². The van der Waals surface area contributed by atoms with Crippen LogP contribution in [0.4, 0.5) is 0 Å². The summed E-state index contributed by atoms with van der Waals surface area (Å²) in [6, 6.07) is 0. The van der Waals surface area contributed by atoms with Crippen molar-refractivity contribution in [2.24, 2.45) is 0 Å². The first-order valence-electron chi connectivity index (χ1n) is 3.16. The molecule has 0 saturated carbocycles. The van der Waals surface area contributed by atoms with Gasteiger partial charge in [0.05, 0.1) is 0 Å². The molecule has 0 aromatic rings. The maximum Gasteiger partial charge on any atom is 0.0230 e. The van der Waals surface area contributed by atoms with Crippen molar-refractivity contribution in [3.8, 4) is 0 Å². The second kappa shape index (κ2) is 2.58. The van der Waals surface area contributed by atoms with Crippen molar-refractivity contribution < 1.29 is 0 Å². The molecule has 0 saturated heterocycles. The molecular formula is C7H12S. The fraction of sp³-hybridized carbons (Fsp3) is 0.714. The molecule has 0 bridgehead atoms. The first kappa shape index (κ1) is 6.21. The van der Waals surface area contributed by atoms with E-state index in [1.54, 1.807) is 0 Å². The van der Waals surface area contributed by atoms with Crippen LogP contribution in [0.5, 0.6) is 0 Å². The zero-order valence-electron chi connectivity index (χ0n) is 5.42. The van der Waals surface area contributed by atoms with Gasteiger partial charge in [0, 0.05) is 10.5 Å². The van der Waals surface area contributed by atoms with Gasteiger partial charge in [-0.2, -0.15) is 0 Å². The predicted octanol–water partition coefficient (Wildman–Crippen LogP) is 2.46. The summed E-state index contributed by atoms with van der Waals surface area (Å²) < 4.78 is 0. The quantitative estimate of drug-likeness (QED) is 0.489. The summed E-state index contributed by atoms with van der Waals surface area (Å²) in [6.07, 6.45) is 5.89. The second-order valence-corrected chi connectivity index (χ2v) is 3.79. The summed E-state index contributed by atoms with van der Waals surface area (Å²) >= 11 is 2.05. The molecule has 0 amide bonds. The fourth-order valence-corrected chi connectivity index (χ4v) is 1.99. The Hall–Kier alpha value is 0.0900. The molecule has 1 heteroatoms. The van der Waals surface area contributed by atoms with E-state index >= 15 is 0 Å². The molecule has 1 unspecified atom stereocenters. The first-order valence-corrected chi connectivity index (χ1v) is 4.11. The maximum absolute atomic E-state index is 2.31. The van der Waals surface area contributed by atoms with Gasteiger partial charge in [-0.1, -0.05) is 19.1 Å². The van der Waals surface area contributed by atoms with E-state index in [1.807, 2.05) is 0 Å². The van der Waals surface area contributed by atoms with Crippen LogP contribution in [0.25, 0.3) is 0 Å². The highest BCUT2D eigenvalue weighted by Gasteiger charge is 2.12. The van der Waals surface area contributed by atoms with E-state index in [2.05, 4.69) is 37.8 Å². The highest BCUT2D eigenvalue weighted by molar-refractivity contribution is 8.01. The summed E-state index contributed by atoms with van der Waals surface area (Å²) in [7, 11) is 0. The van der Waals surface area contributed by atoms with Gasteiger partial charge in [0.25, 0.3) is 0 Å². The number of thioether (sulfide) groups is 1. The van der Waals surface area contributed by atoms with Gasteiger partial charge in [-0.25, -0.2) is 0 Å². The smallest absolute Gasteiger partial charge is 0.0230 e. The van der Waals surface area contributed by atoms with Crippen molar-refractivity contribution in [1.29, 1.82) is 0 Å². The van der Waals surface area contributed by atoms with Crippen LogP contribution in [0.1, 0.15) is 20.3 Å². The summed E-state index contributed by atoms with van der Waals surface area (Å²) in [5, 5.41) is 1.57. The van der Waals surface area contributed by atoms with Crippen LogP contribution in [-0.2, 0) is 0 Å². The number of hydrogen-bond acceptors (Lipinski definition) is 1. The van der Waals surface area contributed by atoms with E-state index in [1.165, 1.54) is 6.42 Å². The molecule has 0 nitrogen and oxygen atoms in total. The van der Waals surface area contributed by atoms with E-state index in [9.17, 15) is 0 Å². The molecule has 2 atom stereocenters. The fourth-order valence-electron chi connectivity index (χ4n) is 0.879. The monoisotopic (exact) mass is 128 g/mol. The highest BCUT2D eigenvalue weighted by Crippen LogP contribution is 2.28. The van der Waals surface area contributed by atoms with Crippen LogP contribution in [0.2, 0.25) is 0 Å². The average Bonchev–Trinajstić information content (AvgIpc) is 2.14. The van der Waals surface area contributed by atoms with E-state index < -0.39 is 0 Å². The molecule has 1 heterocycles. The van der Waals surface area contributed by atoms with Crippen LogP contribution in [0.3, 0.4) is 0 Å². The summed E-state index contributed by atoms with van der Waals surface area (Å²) in [6.45, 7) is 4.48. The lowest BCUT2D eigenvalue weighted by Gasteiger charge is -2.02. The van der Waals surface area contributed by atoms with Gasteiger partial charge >= 0.3 is 0 Å². The van der Waals surface area contributed by atoms with Crippen LogP contribution < -0.4 is 0 Å². The van der Waals surface area contributed by atoms with Crippen molar-refractivity contribution in [2.45, 2.75) is 30.8 Å². The minimum Gasteiger partial charge on any atom is -0.147 e. The summed E-state index contributed by atoms with van der Waals surface area (Å²) in [4.78, 5) is 0. The Morgan fingerprint density at radius 1 is 1.50 bits per heavy atom. The standard InChI is InChI=1S/C7H12S/c1-3-7-5-4-6(2)8-7/h4-7H,3H2,1-2H3/t6?,7-/m1/s1. The third kappa shape index (κ3) is 1.28.